The largest absolute Gasteiger partial charge is 0.456 e. The fourth-order valence-electron chi connectivity index (χ4n) is 1.55. The molecular formula is C15H28O3. The molecule has 0 unspecified atom stereocenters. The summed E-state index contributed by atoms with van der Waals surface area (Å²) in [7, 11) is 0. The minimum absolute atomic E-state index is 0.0472. The van der Waals surface area contributed by atoms with Gasteiger partial charge in [0, 0.05) is 18.6 Å². The summed E-state index contributed by atoms with van der Waals surface area (Å²) in [6, 6.07) is 0. The van der Waals surface area contributed by atoms with Gasteiger partial charge < -0.3 is 9.47 Å². The van der Waals surface area contributed by atoms with Gasteiger partial charge in [0.2, 0.25) is 0 Å². The summed E-state index contributed by atoms with van der Waals surface area (Å²) in [4.78, 5) is 11.9. The minimum Gasteiger partial charge on any atom is -0.456 e. The maximum absolute atomic E-state index is 11.9. The zero-order chi connectivity index (χ0) is 14.4. The average Bonchev–Trinajstić information content (AvgIpc) is 2.14. The van der Waals surface area contributed by atoms with Crippen LogP contribution in [0.2, 0.25) is 0 Å². The van der Waals surface area contributed by atoms with Crippen LogP contribution in [0.3, 0.4) is 0 Å². The molecule has 0 bridgehead atoms. The maximum Gasteiger partial charge on any atom is 0.333 e. The van der Waals surface area contributed by atoms with Crippen molar-refractivity contribution in [3.05, 3.63) is 12.2 Å². The summed E-state index contributed by atoms with van der Waals surface area (Å²) < 4.78 is 10.8. The summed E-state index contributed by atoms with van der Waals surface area (Å²) in [6.45, 7) is 17.1. The number of esters is 1. The smallest absolute Gasteiger partial charge is 0.333 e. The van der Waals surface area contributed by atoms with Crippen molar-refractivity contribution in [2.24, 2.45) is 5.41 Å². The molecule has 0 rings (SSSR count). The van der Waals surface area contributed by atoms with Gasteiger partial charge in [-0.15, -0.1) is 0 Å². The molecule has 0 aromatic heterocycles. The van der Waals surface area contributed by atoms with Gasteiger partial charge in [-0.2, -0.15) is 0 Å². The first-order chi connectivity index (χ1) is 8.07. The first-order valence-electron chi connectivity index (χ1n) is 6.56. The van der Waals surface area contributed by atoms with Crippen molar-refractivity contribution in [3.8, 4) is 0 Å². The molecule has 0 aromatic carbocycles. The van der Waals surface area contributed by atoms with Crippen LogP contribution in [0.25, 0.3) is 0 Å². The minimum atomic E-state index is -0.507. The molecular weight excluding hydrogens is 228 g/mol. The van der Waals surface area contributed by atoms with E-state index < -0.39 is 5.60 Å². The van der Waals surface area contributed by atoms with E-state index in [1.165, 1.54) is 0 Å². The molecule has 0 aliphatic rings. The molecule has 3 heteroatoms. The molecule has 0 fully saturated rings. The predicted molar refractivity (Wildman–Crippen MR) is 74.5 cm³/mol. The van der Waals surface area contributed by atoms with Crippen LogP contribution in [0.4, 0.5) is 0 Å². The molecule has 0 saturated heterocycles. The average molecular weight is 256 g/mol. The van der Waals surface area contributed by atoms with Crippen molar-refractivity contribution < 1.29 is 14.3 Å². The van der Waals surface area contributed by atoms with Crippen LogP contribution >= 0.6 is 0 Å². The standard InChI is InChI=1S/C15H28O3/c1-8-17-10-9-15(6,7)18-13(16)12(2)11-14(3,4)5/h2,8-11H2,1,3-7H3. The molecule has 0 aromatic rings. The topological polar surface area (TPSA) is 35.5 Å². The molecule has 106 valence electrons. The second-order valence-corrected chi connectivity index (χ2v) is 6.44. The third kappa shape index (κ3) is 8.29. The molecule has 0 radical (unpaired) electrons. The Bertz CT molecular complexity index is 285. The quantitative estimate of drug-likeness (QED) is 0.395. The van der Waals surface area contributed by atoms with E-state index in [1.807, 2.05) is 20.8 Å². The van der Waals surface area contributed by atoms with E-state index in [4.69, 9.17) is 9.47 Å². The molecule has 0 atom stereocenters. The van der Waals surface area contributed by atoms with Gasteiger partial charge in [-0.3, -0.25) is 0 Å². The van der Waals surface area contributed by atoms with Crippen LogP contribution in [-0.2, 0) is 14.3 Å². The van der Waals surface area contributed by atoms with E-state index in [2.05, 4.69) is 27.4 Å². The van der Waals surface area contributed by atoms with E-state index in [0.29, 0.717) is 31.6 Å². The molecule has 3 nitrogen and oxygen atoms in total. The number of rotatable bonds is 7. The van der Waals surface area contributed by atoms with Crippen molar-refractivity contribution in [2.75, 3.05) is 13.2 Å². The zero-order valence-corrected chi connectivity index (χ0v) is 12.8. The summed E-state index contributed by atoms with van der Waals surface area (Å²) in [6.07, 6.45) is 1.34. The van der Waals surface area contributed by atoms with Crippen molar-refractivity contribution in [3.63, 3.8) is 0 Å². The molecule has 0 heterocycles. The van der Waals surface area contributed by atoms with Gasteiger partial charge in [0.15, 0.2) is 0 Å². The van der Waals surface area contributed by atoms with Gasteiger partial charge in [0.05, 0.1) is 6.61 Å². The molecule has 0 aliphatic heterocycles. The second kappa shape index (κ2) is 6.93. The third-order valence-corrected chi connectivity index (χ3v) is 2.45. The Hall–Kier alpha value is -0.830. The Labute approximate surface area is 112 Å². The van der Waals surface area contributed by atoms with Gasteiger partial charge >= 0.3 is 5.97 Å². The lowest BCUT2D eigenvalue weighted by atomic mass is 9.88. The van der Waals surface area contributed by atoms with Crippen LogP contribution in [0.15, 0.2) is 12.2 Å². The molecule has 18 heavy (non-hydrogen) atoms. The van der Waals surface area contributed by atoms with E-state index in [9.17, 15) is 4.79 Å². The lowest BCUT2D eigenvalue weighted by Gasteiger charge is -2.27. The number of ether oxygens (including phenoxy) is 2. The van der Waals surface area contributed by atoms with E-state index >= 15 is 0 Å². The Kier molecular flexibility index (Phi) is 6.61. The number of hydrogen-bond donors (Lipinski definition) is 0. The van der Waals surface area contributed by atoms with Gasteiger partial charge in [0.25, 0.3) is 0 Å². The molecule has 0 saturated carbocycles. The Morgan fingerprint density at radius 1 is 1.17 bits per heavy atom. The summed E-state index contributed by atoms with van der Waals surface area (Å²) in [5.74, 6) is -0.300. The Morgan fingerprint density at radius 2 is 1.72 bits per heavy atom. The van der Waals surface area contributed by atoms with Crippen molar-refractivity contribution in [1.82, 2.24) is 0 Å². The van der Waals surface area contributed by atoms with Gasteiger partial charge in [0.1, 0.15) is 5.60 Å². The van der Waals surface area contributed by atoms with Crippen LogP contribution in [-0.4, -0.2) is 24.8 Å². The van der Waals surface area contributed by atoms with E-state index in [1.54, 1.807) is 0 Å². The highest BCUT2D eigenvalue weighted by Crippen LogP contribution is 2.25. The van der Waals surface area contributed by atoms with Crippen molar-refractivity contribution in [2.45, 2.75) is 60.0 Å². The van der Waals surface area contributed by atoms with E-state index in [-0.39, 0.29) is 11.4 Å². The molecule has 0 spiro atoms. The number of hydrogen-bond acceptors (Lipinski definition) is 3. The SMILES string of the molecule is C=C(CC(C)(C)C)C(=O)OC(C)(C)CCOCC. The van der Waals surface area contributed by atoms with Crippen LogP contribution in [0, 0.1) is 5.41 Å². The Morgan fingerprint density at radius 3 is 2.17 bits per heavy atom. The number of carbonyl (C=O) groups is 1. The van der Waals surface area contributed by atoms with Gasteiger partial charge in [-0.05, 0) is 32.6 Å². The fraction of sp³-hybridized carbons (Fsp3) is 0.800. The number of carbonyl (C=O) groups excluding carboxylic acids is 1. The van der Waals surface area contributed by atoms with Gasteiger partial charge in [-0.25, -0.2) is 4.79 Å². The second-order valence-electron chi connectivity index (χ2n) is 6.44. The highest BCUT2D eigenvalue weighted by molar-refractivity contribution is 5.88. The third-order valence-electron chi connectivity index (χ3n) is 2.45. The zero-order valence-electron chi connectivity index (χ0n) is 12.8. The first kappa shape index (κ1) is 17.2. The lowest BCUT2D eigenvalue weighted by Crippen LogP contribution is -2.30. The molecule has 0 amide bonds. The molecule has 0 aliphatic carbocycles. The summed E-state index contributed by atoms with van der Waals surface area (Å²) in [5, 5.41) is 0. The van der Waals surface area contributed by atoms with E-state index in [0.717, 1.165) is 0 Å². The van der Waals surface area contributed by atoms with Crippen LogP contribution in [0.5, 0.6) is 0 Å². The Balaban J connectivity index is 4.24. The van der Waals surface area contributed by atoms with Crippen molar-refractivity contribution >= 4 is 5.97 Å². The maximum atomic E-state index is 11.9. The van der Waals surface area contributed by atoms with Crippen LogP contribution < -0.4 is 0 Å². The lowest BCUT2D eigenvalue weighted by molar-refractivity contribution is -0.153. The summed E-state index contributed by atoms with van der Waals surface area (Å²) in [5.41, 5.74) is 0.0746. The van der Waals surface area contributed by atoms with Crippen LogP contribution in [0.1, 0.15) is 54.4 Å². The monoisotopic (exact) mass is 256 g/mol. The highest BCUT2D eigenvalue weighted by atomic mass is 16.6. The molecule has 0 N–H and O–H groups in total. The fourth-order valence-corrected chi connectivity index (χ4v) is 1.55. The summed E-state index contributed by atoms with van der Waals surface area (Å²) >= 11 is 0. The highest BCUT2D eigenvalue weighted by Gasteiger charge is 2.25. The first-order valence-corrected chi connectivity index (χ1v) is 6.56. The van der Waals surface area contributed by atoms with Crippen molar-refractivity contribution in [1.29, 1.82) is 0 Å². The normalized spacial score (nSPS) is 12.3. The predicted octanol–water partition coefficient (Wildman–Crippen LogP) is 3.73. The van der Waals surface area contributed by atoms with Gasteiger partial charge in [-0.1, -0.05) is 27.4 Å².